The largest absolute Gasteiger partial charge is 0.481 e. The number of primary amides is 2. The van der Waals surface area contributed by atoms with Gasteiger partial charge in [0.1, 0.15) is 24.2 Å². The van der Waals surface area contributed by atoms with E-state index in [1.807, 2.05) is 36.4 Å². The van der Waals surface area contributed by atoms with Gasteiger partial charge in [-0.05, 0) is 48.1 Å². The van der Waals surface area contributed by atoms with Crippen LogP contribution in [0.25, 0.3) is 10.8 Å². The number of carboxylic acids is 1. The molecule has 1 aliphatic heterocycles. The third kappa shape index (κ3) is 9.88. The van der Waals surface area contributed by atoms with Gasteiger partial charge in [-0.3, -0.25) is 33.6 Å². The molecule has 1 unspecified atom stereocenters. The molecule has 0 spiro atoms. The Morgan fingerprint density at radius 3 is 2.29 bits per heavy atom. The second-order valence-corrected chi connectivity index (χ2v) is 10.8. The highest BCUT2D eigenvalue weighted by molar-refractivity contribution is 5.98. The summed E-state index contributed by atoms with van der Waals surface area (Å²) < 4.78 is 0. The number of benzene rings is 2. The van der Waals surface area contributed by atoms with Gasteiger partial charge in [0.25, 0.3) is 0 Å². The van der Waals surface area contributed by atoms with E-state index in [2.05, 4.69) is 22.5 Å². The lowest BCUT2D eigenvalue weighted by atomic mass is 9.97. The minimum absolute atomic E-state index is 0.00140. The Kier molecular flexibility index (Phi) is 12.2. The summed E-state index contributed by atoms with van der Waals surface area (Å²) in [6.45, 7) is 3.44. The highest BCUT2D eigenvalue weighted by Crippen LogP contribution is 2.21. The van der Waals surface area contributed by atoms with Gasteiger partial charge < -0.3 is 37.4 Å². The molecule has 1 saturated heterocycles. The Morgan fingerprint density at radius 2 is 1.64 bits per heavy atom. The fourth-order valence-electron chi connectivity index (χ4n) is 5.20. The maximum Gasteiger partial charge on any atom is 0.305 e. The number of carbonyl (C=O) groups excluding carboxylic acids is 6. The zero-order chi connectivity index (χ0) is 33.1. The van der Waals surface area contributed by atoms with Crippen LogP contribution in [0.4, 0.5) is 0 Å². The molecule has 1 fully saturated rings. The van der Waals surface area contributed by atoms with Crippen LogP contribution in [0.15, 0.2) is 55.1 Å². The number of hydrogen-bond donors (Lipinski definition) is 6. The number of carbonyl (C=O) groups is 7. The number of rotatable bonds is 15. The average molecular weight is 623 g/mol. The van der Waals surface area contributed by atoms with Gasteiger partial charge >= 0.3 is 5.97 Å². The highest BCUT2D eigenvalue weighted by Gasteiger charge is 2.38. The van der Waals surface area contributed by atoms with Crippen molar-refractivity contribution in [2.24, 2.45) is 11.5 Å². The van der Waals surface area contributed by atoms with Gasteiger partial charge in [-0.25, -0.2) is 0 Å². The molecule has 0 bridgehead atoms. The maximum absolute atomic E-state index is 13.7. The summed E-state index contributed by atoms with van der Waals surface area (Å²) in [5, 5.41) is 18.7. The van der Waals surface area contributed by atoms with Crippen LogP contribution in [0.2, 0.25) is 0 Å². The van der Waals surface area contributed by atoms with Crippen LogP contribution in [0, 0.1) is 0 Å². The molecule has 0 radical (unpaired) electrons. The lowest BCUT2D eigenvalue weighted by molar-refractivity contribution is -0.148. The van der Waals surface area contributed by atoms with Gasteiger partial charge in [0.15, 0.2) is 0 Å². The molecule has 45 heavy (non-hydrogen) atoms. The average Bonchev–Trinajstić information content (AvgIpc) is 3.01. The van der Waals surface area contributed by atoms with Gasteiger partial charge in [0.05, 0.1) is 6.42 Å². The number of nitrogens with one attached hydrogen (secondary N) is 3. The lowest BCUT2D eigenvalue weighted by Crippen LogP contribution is -2.60. The number of nitrogens with two attached hydrogens (primary N) is 2. The zero-order valence-corrected chi connectivity index (χ0v) is 24.7. The van der Waals surface area contributed by atoms with E-state index >= 15 is 0 Å². The Bertz CT molecular complexity index is 1480. The summed E-state index contributed by atoms with van der Waals surface area (Å²) in [7, 11) is 0. The van der Waals surface area contributed by atoms with Crippen molar-refractivity contribution < 1.29 is 38.7 Å². The van der Waals surface area contributed by atoms with Crippen molar-refractivity contribution in [3.8, 4) is 0 Å². The molecule has 8 N–H and O–H groups in total. The SMILES string of the molecule is C=CC(=O)N[C@@H](CC(=O)O)C(=O)N1CCCC[C@H]1C(=O)NC(Cc1ccc2ccccc2c1)C(=O)N[C@@H](CCC(N)=O)C(N)=O. The van der Waals surface area contributed by atoms with E-state index in [0.717, 1.165) is 16.8 Å². The molecule has 3 rings (SSSR count). The maximum atomic E-state index is 13.7. The summed E-state index contributed by atoms with van der Waals surface area (Å²) in [6, 6.07) is 8.09. The molecule has 4 atom stereocenters. The molecule has 0 aromatic heterocycles. The molecule has 2 aromatic rings. The van der Waals surface area contributed by atoms with Crippen LogP contribution in [-0.4, -0.2) is 82.1 Å². The Hall–Kier alpha value is -5.27. The first kappa shape index (κ1) is 34.2. The van der Waals surface area contributed by atoms with Gasteiger partial charge in [-0.1, -0.05) is 49.0 Å². The molecule has 14 heteroatoms. The van der Waals surface area contributed by atoms with Gasteiger partial charge in [-0.15, -0.1) is 0 Å². The summed E-state index contributed by atoms with van der Waals surface area (Å²) in [5.41, 5.74) is 11.3. The molecule has 6 amide bonds. The molecule has 2 aromatic carbocycles. The second kappa shape index (κ2) is 16.0. The van der Waals surface area contributed by atoms with Crippen molar-refractivity contribution in [2.75, 3.05) is 6.54 Å². The molecule has 1 aliphatic rings. The van der Waals surface area contributed by atoms with Crippen LogP contribution < -0.4 is 27.4 Å². The van der Waals surface area contributed by atoms with Gasteiger partial charge in [-0.2, -0.15) is 0 Å². The van der Waals surface area contributed by atoms with E-state index in [1.54, 1.807) is 6.07 Å². The number of piperidine rings is 1. The van der Waals surface area contributed by atoms with Crippen molar-refractivity contribution >= 4 is 52.2 Å². The van der Waals surface area contributed by atoms with Crippen LogP contribution in [0.5, 0.6) is 0 Å². The van der Waals surface area contributed by atoms with E-state index in [1.165, 1.54) is 4.90 Å². The van der Waals surface area contributed by atoms with E-state index < -0.39 is 72.0 Å². The lowest BCUT2D eigenvalue weighted by Gasteiger charge is -2.37. The Balaban J connectivity index is 1.88. The van der Waals surface area contributed by atoms with E-state index in [4.69, 9.17) is 11.5 Å². The number of amides is 6. The number of aliphatic carboxylic acids is 1. The van der Waals surface area contributed by atoms with Crippen molar-refractivity contribution in [1.29, 1.82) is 0 Å². The summed E-state index contributed by atoms with van der Waals surface area (Å²) >= 11 is 0. The Morgan fingerprint density at radius 1 is 0.933 bits per heavy atom. The quantitative estimate of drug-likeness (QED) is 0.143. The van der Waals surface area contributed by atoms with Crippen LogP contribution in [0.3, 0.4) is 0 Å². The molecule has 240 valence electrons. The zero-order valence-electron chi connectivity index (χ0n) is 24.7. The highest BCUT2D eigenvalue weighted by atomic mass is 16.4. The normalized spacial score (nSPS) is 16.4. The van der Waals surface area contributed by atoms with Crippen molar-refractivity contribution in [3.63, 3.8) is 0 Å². The fraction of sp³-hybridized carbons (Fsp3) is 0.387. The van der Waals surface area contributed by atoms with Crippen LogP contribution >= 0.6 is 0 Å². The van der Waals surface area contributed by atoms with E-state index in [0.29, 0.717) is 18.4 Å². The van der Waals surface area contributed by atoms with E-state index in [9.17, 15) is 38.7 Å². The van der Waals surface area contributed by atoms with Crippen LogP contribution in [-0.2, 0) is 40.0 Å². The smallest absolute Gasteiger partial charge is 0.305 e. The minimum atomic E-state index is -1.44. The first-order chi connectivity index (χ1) is 21.4. The first-order valence-corrected chi connectivity index (χ1v) is 14.5. The van der Waals surface area contributed by atoms with Gasteiger partial charge in [0, 0.05) is 19.4 Å². The molecule has 14 nitrogen and oxygen atoms in total. The number of fused-ring (bicyclic) bond motifs is 1. The summed E-state index contributed by atoms with van der Waals surface area (Å²) in [6.07, 6.45) is 1.17. The monoisotopic (exact) mass is 622 g/mol. The molecular weight excluding hydrogens is 584 g/mol. The molecule has 0 saturated carbocycles. The number of carboxylic acid groups (broad SMARTS) is 1. The predicted octanol–water partition coefficient (Wildman–Crippen LogP) is -0.371. The number of likely N-dealkylation sites (tertiary alicyclic amines) is 1. The predicted molar refractivity (Wildman–Crippen MR) is 163 cm³/mol. The Labute approximate surface area is 259 Å². The number of nitrogens with zero attached hydrogens (tertiary/aromatic N) is 1. The second-order valence-electron chi connectivity index (χ2n) is 10.8. The van der Waals surface area contributed by atoms with Crippen LogP contribution in [0.1, 0.15) is 44.1 Å². The molecular formula is C31H38N6O8. The fourth-order valence-corrected chi connectivity index (χ4v) is 5.20. The minimum Gasteiger partial charge on any atom is -0.481 e. The number of hydrogen-bond acceptors (Lipinski definition) is 7. The van der Waals surface area contributed by atoms with Crippen molar-refractivity contribution in [3.05, 3.63) is 60.7 Å². The first-order valence-electron chi connectivity index (χ1n) is 14.5. The third-order valence-corrected chi connectivity index (χ3v) is 7.49. The molecule has 0 aliphatic carbocycles. The van der Waals surface area contributed by atoms with E-state index in [-0.39, 0.29) is 32.2 Å². The van der Waals surface area contributed by atoms with Gasteiger partial charge in [0.2, 0.25) is 35.4 Å². The molecule has 1 heterocycles. The van der Waals surface area contributed by atoms with Crippen molar-refractivity contribution in [1.82, 2.24) is 20.9 Å². The summed E-state index contributed by atoms with van der Waals surface area (Å²) in [4.78, 5) is 88.6. The third-order valence-electron chi connectivity index (χ3n) is 7.49. The summed E-state index contributed by atoms with van der Waals surface area (Å²) in [5.74, 6) is -5.85. The topological polar surface area (TPSA) is 231 Å². The standard InChI is InChI=1S/C31H38N6O8/c1-2-26(39)34-23(17-27(40)41)31(45)37-14-6-5-9-24(37)30(44)36-22(29(43)35-21(28(33)42)12-13-25(32)38)16-18-10-11-19-7-3-4-8-20(19)15-18/h2-4,7-8,10-11,15,21-24H,1,5-6,9,12-14,16-17H2,(H2,32,38)(H2,33,42)(H,34,39)(H,35,43)(H,36,44)(H,40,41)/t21-,22?,23-,24-/m0/s1. The van der Waals surface area contributed by atoms with Crippen molar-refractivity contribution in [2.45, 2.75) is 69.1 Å².